The highest BCUT2D eigenvalue weighted by atomic mass is 15.2. The Morgan fingerprint density at radius 1 is 1.50 bits per heavy atom. The number of likely N-dealkylation sites (N-methyl/N-ethyl adjacent to an activating group) is 2. The van der Waals surface area contributed by atoms with Gasteiger partial charge in [-0.15, -0.1) is 0 Å². The van der Waals surface area contributed by atoms with Crippen LogP contribution in [0.4, 0.5) is 0 Å². The Labute approximate surface area is 85.9 Å². The fraction of sp³-hybridized carbons (Fsp3) is 0.700. The van der Waals surface area contributed by atoms with Gasteiger partial charge in [-0.25, -0.2) is 0 Å². The fourth-order valence-corrected chi connectivity index (χ4v) is 1.78. The summed E-state index contributed by atoms with van der Waals surface area (Å²) in [6.07, 6.45) is 4.00. The van der Waals surface area contributed by atoms with Gasteiger partial charge in [0.1, 0.15) is 0 Å². The number of aryl methyl sites for hydroxylation is 1. The lowest BCUT2D eigenvalue weighted by Gasteiger charge is -2.28. The van der Waals surface area contributed by atoms with Crippen molar-refractivity contribution in [2.24, 2.45) is 7.05 Å². The van der Waals surface area contributed by atoms with Gasteiger partial charge in [-0.3, -0.25) is 4.68 Å². The Kier molecular flexibility index (Phi) is 3.66. The second-order valence-electron chi connectivity index (χ2n) is 3.93. The molecule has 1 aromatic heterocycles. The standard InChI is InChI=1S/C10H20N4/c1-8(11-2)10(13(3)4)9-6-12-14(5)7-9/h6-8,10-11H,1-5H3/t8-,10+/m0/s1. The molecule has 1 heterocycles. The lowest BCUT2D eigenvalue weighted by molar-refractivity contribution is 0.247. The average molecular weight is 196 g/mol. The van der Waals surface area contributed by atoms with E-state index in [1.54, 1.807) is 0 Å². The molecule has 1 aromatic rings. The van der Waals surface area contributed by atoms with Crippen LogP contribution in [0.15, 0.2) is 12.4 Å². The third-order valence-electron chi connectivity index (χ3n) is 2.55. The highest BCUT2D eigenvalue weighted by Crippen LogP contribution is 2.20. The largest absolute Gasteiger partial charge is 0.315 e. The van der Waals surface area contributed by atoms with Crippen molar-refractivity contribution in [1.82, 2.24) is 20.0 Å². The predicted octanol–water partition coefficient (Wildman–Crippen LogP) is 0.631. The van der Waals surface area contributed by atoms with Crippen molar-refractivity contribution in [3.8, 4) is 0 Å². The van der Waals surface area contributed by atoms with Gasteiger partial charge in [-0.1, -0.05) is 0 Å². The maximum absolute atomic E-state index is 4.20. The van der Waals surface area contributed by atoms with Gasteiger partial charge in [-0.05, 0) is 28.1 Å². The van der Waals surface area contributed by atoms with E-state index in [0.717, 1.165) is 0 Å². The van der Waals surface area contributed by atoms with E-state index in [0.29, 0.717) is 12.1 Å². The molecule has 0 aliphatic heterocycles. The zero-order valence-electron chi connectivity index (χ0n) is 9.65. The van der Waals surface area contributed by atoms with Crippen molar-refractivity contribution in [1.29, 1.82) is 0 Å². The Morgan fingerprint density at radius 3 is 2.50 bits per heavy atom. The first-order chi connectivity index (χ1) is 6.56. The van der Waals surface area contributed by atoms with Crippen molar-refractivity contribution in [3.63, 3.8) is 0 Å². The molecular formula is C10H20N4. The van der Waals surface area contributed by atoms with E-state index in [-0.39, 0.29) is 0 Å². The van der Waals surface area contributed by atoms with Crippen LogP contribution in [0.5, 0.6) is 0 Å². The summed E-state index contributed by atoms with van der Waals surface area (Å²) < 4.78 is 1.84. The van der Waals surface area contributed by atoms with Gasteiger partial charge in [0.05, 0.1) is 12.2 Å². The van der Waals surface area contributed by atoms with E-state index in [2.05, 4.69) is 42.5 Å². The summed E-state index contributed by atoms with van der Waals surface area (Å²) >= 11 is 0. The van der Waals surface area contributed by atoms with Crippen LogP contribution in [-0.2, 0) is 7.05 Å². The van der Waals surface area contributed by atoms with E-state index in [1.165, 1.54) is 5.56 Å². The van der Waals surface area contributed by atoms with Crippen LogP contribution in [-0.4, -0.2) is 41.9 Å². The molecule has 0 radical (unpaired) electrons. The van der Waals surface area contributed by atoms with Gasteiger partial charge in [0.2, 0.25) is 0 Å². The lowest BCUT2D eigenvalue weighted by atomic mass is 10.0. The number of rotatable bonds is 4. The third kappa shape index (κ3) is 2.33. The second-order valence-corrected chi connectivity index (χ2v) is 3.93. The minimum atomic E-state index is 0.369. The molecule has 0 amide bonds. The zero-order chi connectivity index (χ0) is 10.7. The van der Waals surface area contributed by atoms with Gasteiger partial charge in [-0.2, -0.15) is 5.10 Å². The van der Waals surface area contributed by atoms with E-state index >= 15 is 0 Å². The topological polar surface area (TPSA) is 33.1 Å². The minimum absolute atomic E-state index is 0.369. The van der Waals surface area contributed by atoms with Crippen molar-refractivity contribution < 1.29 is 0 Å². The molecule has 14 heavy (non-hydrogen) atoms. The molecular weight excluding hydrogens is 176 g/mol. The third-order valence-corrected chi connectivity index (χ3v) is 2.55. The Morgan fingerprint density at radius 2 is 2.14 bits per heavy atom. The first-order valence-electron chi connectivity index (χ1n) is 4.88. The van der Waals surface area contributed by atoms with Gasteiger partial charge in [0.25, 0.3) is 0 Å². The summed E-state index contributed by atoms with van der Waals surface area (Å²) in [6, 6.07) is 0.780. The number of hydrogen-bond acceptors (Lipinski definition) is 3. The predicted molar refractivity (Wildman–Crippen MR) is 58.2 cm³/mol. The molecule has 0 aromatic carbocycles. The highest BCUT2D eigenvalue weighted by Gasteiger charge is 2.21. The summed E-state index contributed by atoms with van der Waals surface area (Å²) in [4.78, 5) is 2.21. The molecule has 2 atom stereocenters. The summed E-state index contributed by atoms with van der Waals surface area (Å²) in [5.41, 5.74) is 1.25. The Hall–Kier alpha value is -0.870. The molecule has 4 nitrogen and oxygen atoms in total. The molecule has 0 spiro atoms. The van der Waals surface area contributed by atoms with Gasteiger partial charge in [0, 0.05) is 24.8 Å². The van der Waals surface area contributed by atoms with Gasteiger partial charge >= 0.3 is 0 Å². The van der Waals surface area contributed by atoms with Gasteiger partial charge < -0.3 is 10.2 Å². The summed E-state index contributed by atoms with van der Waals surface area (Å²) in [5, 5.41) is 7.47. The van der Waals surface area contributed by atoms with Crippen LogP contribution in [0.1, 0.15) is 18.5 Å². The maximum atomic E-state index is 4.20. The van der Waals surface area contributed by atoms with E-state index in [4.69, 9.17) is 0 Å². The molecule has 1 N–H and O–H groups in total. The number of nitrogens with zero attached hydrogens (tertiary/aromatic N) is 3. The monoisotopic (exact) mass is 196 g/mol. The van der Waals surface area contributed by atoms with Crippen LogP contribution in [0.2, 0.25) is 0 Å². The minimum Gasteiger partial charge on any atom is -0.315 e. The van der Waals surface area contributed by atoms with Crippen LogP contribution < -0.4 is 5.32 Å². The molecule has 0 unspecified atom stereocenters. The number of aromatic nitrogens is 2. The van der Waals surface area contributed by atoms with Gasteiger partial charge in [0.15, 0.2) is 0 Å². The molecule has 0 bridgehead atoms. The lowest BCUT2D eigenvalue weighted by Crippen LogP contribution is -2.37. The van der Waals surface area contributed by atoms with Crippen LogP contribution in [0.3, 0.4) is 0 Å². The Bertz CT molecular complexity index is 279. The summed E-state index contributed by atoms with van der Waals surface area (Å²) in [7, 11) is 8.11. The average Bonchev–Trinajstić information content (AvgIpc) is 2.51. The summed E-state index contributed by atoms with van der Waals surface area (Å²) in [6.45, 7) is 2.18. The van der Waals surface area contributed by atoms with Crippen LogP contribution in [0, 0.1) is 0 Å². The number of nitrogens with one attached hydrogen (secondary N) is 1. The van der Waals surface area contributed by atoms with Crippen molar-refractivity contribution in [2.75, 3.05) is 21.1 Å². The van der Waals surface area contributed by atoms with E-state index < -0.39 is 0 Å². The van der Waals surface area contributed by atoms with Crippen LogP contribution in [0.25, 0.3) is 0 Å². The van der Waals surface area contributed by atoms with Crippen LogP contribution >= 0.6 is 0 Å². The molecule has 0 fully saturated rings. The first kappa shape index (κ1) is 11.2. The molecule has 80 valence electrons. The first-order valence-corrected chi connectivity index (χ1v) is 4.88. The molecule has 4 heteroatoms. The maximum Gasteiger partial charge on any atom is 0.0538 e. The van der Waals surface area contributed by atoms with Crippen molar-refractivity contribution in [3.05, 3.63) is 18.0 Å². The molecule has 0 aliphatic carbocycles. The highest BCUT2D eigenvalue weighted by molar-refractivity contribution is 5.12. The summed E-state index contributed by atoms with van der Waals surface area (Å²) in [5.74, 6) is 0. The second kappa shape index (κ2) is 4.57. The molecule has 0 saturated carbocycles. The zero-order valence-corrected chi connectivity index (χ0v) is 9.65. The van der Waals surface area contributed by atoms with E-state index in [9.17, 15) is 0 Å². The van der Waals surface area contributed by atoms with Crippen molar-refractivity contribution in [2.45, 2.75) is 19.0 Å². The normalized spacial score (nSPS) is 15.9. The quantitative estimate of drug-likeness (QED) is 0.767. The SMILES string of the molecule is CN[C@@H](C)[C@H](c1cnn(C)c1)N(C)C. The smallest absolute Gasteiger partial charge is 0.0538 e. The van der Waals surface area contributed by atoms with Crippen molar-refractivity contribution >= 4 is 0 Å². The fourth-order valence-electron chi connectivity index (χ4n) is 1.78. The van der Waals surface area contributed by atoms with E-state index in [1.807, 2.05) is 25.0 Å². The molecule has 0 saturated heterocycles. The molecule has 0 aliphatic rings. The Balaban J connectivity index is 2.88. The molecule has 1 rings (SSSR count). The number of hydrogen-bond donors (Lipinski definition) is 1.